The molecule has 0 amide bonds. The first-order chi connectivity index (χ1) is 8.90. The zero-order valence-electron chi connectivity index (χ0n) is 9.23. The summed E-state index contributed by atoms with van der Waals surface area (Å²) in [5, 5.41) is -0.374. The number of alkyl halides is 1. The largest absolute Gasteiger partial charge is 0.207 e. The molecule has 0 aromatic heterocycles. The molecular weight excluding hydrogens is 347 g/mol. The molecule has 1 unspecified atom stereocenters. The molecule has 2 aromatic rings. The molecule has 0 aliphatic carbocycles. The lowest BCUT2D eigenvalue weighted by atomic mass is 10.0. The summed E-state index contributed by atoms with van der Waals surface area (Å²) in [6, 6.07) is 4.42. The summed E-state index contributed by atoms with van der Waals surface area (Å²) in [5.74, 6) is -3.04. The summed E-state index contributed by atoms with van der Waals surface area (Å²) in [6.45, 7) is 0. The SMILES string of the molecule is Fc1ccc(F)c(C(Br)c2cc(F)c(Cl)cc2F)c1. The highest BCUT2D eigenvalue weighted by Gasteiger charge is 2.21. The Morgan fingerprint density at radius 2 is 1.47 bits per heavy atom. The van der Waals surface area contributed by atoms with E-state index in [9.17, 15) is 17.6 Å². The van der Waals surface area contributed by atoms with E-state index < -0.39 is 28.1 Å². The predicted molar refractivity (Wildman–Crippen MR) is 68.5 cm³/mol. The van der Waals surface area contributed by atoms with Gasteiger partial charge in [0.25, 0.3) is 0 Å². The van der Waals surface area contributed by atoms with Crippen molar-refractivity contribution >= 4 is 27.5 Å². The minimum Gasteiger partial charge on any atom is -0.207 e. The lowest BCUT2D eigenvalue weighted by Gasteiger charge is -2.13. The smallest absolute Gasteiger partial charge is 0.142 e. The fourth-order valence-corrected chi connectivity index (χ4v) is 2.46. The molecule has 0 bridgehead atoms. The Kier molecular flexibility index (Phi) is 4.16. The standard InChI is InChI=1S/C13H6BrClF4/c14-13(7-3-6(16)1-2-10(7)17)8-4-12(19)9(15)5-11(8)18/h1-5,13H. The minimum absolute atomic E-state index is 0.124. The van der Waals surface area contributed by atoms with Crippen LogP contribution in [-0.2, 0) is 0 Å². The van der Waals surface area contributed by atoms with E-state index >= 15 is 0 Å². The van der Waals surface area contributed by atoms with E-state index in [4.69, 9.17) is 11.6 Å². The summed E-state index contributed by atoms with van der Waals surface area (Å²) < 4.78 is 53.7. The quantitative estimate of drug-likeness (QED) is 0.386. The van der Waals surface area contributed by atoms with E-state index in [1.165, 1.54) is 0 Å². The van der Waals surface area contributed by atoms with Crippen LogP contribution in [0.15, 0.2) is 30.3 Å². The summed E-state index contributed by atoms with van der Waals surface area (Å²) in [6.07, 6.45) is 0. The zero-order valence-corrected chi connectivity index (χ0v) is 11.6. The summed E-state index contributed by atoms with van der Waals surface area (Å²) in [4.78, 5) is -1.02. The van der Waals surface area contributed by atoms with Gasteiger partial charge in [0, 0.05) is 11.1 Å². The Morgan fingerprint density at radius 3 is 2.16 bits per heavy atom. The van der Waals surface area contributed by atoms with Gasteiger partial charge in [0.05, 0.1) is 9.85 Å². The molecule has 0 radical (unpaired) electrons. The van der Waals surface area contributed by atoms with Crippen molar-refractivity contribution in [2.75, 3.05) is 0 Å². The van der Waals surface area contributed by atoms with Gasteiger partial charge in [0.15, 0.2) is 0 Å². The highest BCUT2D eigenvalue weighted by molar-refractivity contribution is 9.09. The van der Waals surface area contributed by atoms with Crippen molar-refractivity contribution in [3.63, 3.8) is 0 Å². The van der Waals surface area contributed by atoms with E-state index in [1.807, 2.05) is 0 Å². The maximum atomic E-state index is 13.7. The normalized spacial score (nSPS) is 12.5. The molecule has 0 aliphatic heterocycles. The van der Waals surface area contributed by atoms with Gasteiger partial charge < -0.3 is 0 Å². The second kappa shape index (κ2) is 5.51. The van der Waals surface area contributed by atoms with E-state index in [0.717, 1.165) is 30.3 Å². The van der Waals surface area contributed by atoms with E-state index in [-0.39, 0.29) is 16.1 Å². The monoisotopic (exact) mass is 352 g/mol. The molecule has 19 heavy (non-hydrogen) atoms. The third-order valence-electron chi connectivity index (χ3n) is 2.54. The van der Waals surface area contributed by atoms with E-state index in [0.29, 0.717) is 0 Å². The predicted octanol–water partition coefficient (Wildman–Crippen LogP) is 5.38. The maximum Gasteiger partial charge on any atom is 0.142 e. The first kappa shape index (κ1) is 14.3. The van der Waals surface area contributed by atoms with Crippen LogP contribution in [0.1, 0.15) is 16.0 Å². The first-order valence-corrected chi connectivity index (χ1v) is 6.43. The molecule has 6 heteroatoms. The van der Waals surface area contributed by atoms with Gasteiger partial charge in [-0.25, -0.2) is 17.6 Å². The van der Waals surface area contributed by atoms with Gasteiger partial charge in [-0.1, -0.05) is 27.5 Å². The Morgan fingerprint density at radius 1 is 0.842 bits per heavy atom. The molecule has 100 valence electrons. The number of rotatable bonds is 2. The molecule has 0 aliphatic rings. The maximum absolute atomic E-state index is 13.7. The fourth-order valence-electron chi connectivity index (χ4n) is 1.61. The van der Waals surface area contributed by atoms with Gasteiger partial charge in [-0.3, -0.25) is 0 Å². The average molecular weight is 354 g/mol. The van der Waals surface area contributed by atoms with Crippen molar-refractivity contribution in [1.29, 1.82) is 0 Å². The van der Waals surface area contributed by atoms with Crippen molar-refractivity contribution < 1.29 is 17.6 Å². The first-order valence-electron chi connectivity index (χ1n) is 5.13. The van der Waals surface area contributed by atoms with Gasteiger partial charge in [-0.15, -0.1) is 0 Å². The molecule has 0 spiro atoms. The van der Waals surface area contributed by atoms with Crippen LogP contribution in [0.5, 0.6) is 0 Å². The summed E-state index contributed by atoms with van der Waals surface area (Å²) in [7, 11) is 0. The Bertz CT molecular complexity index is 630. The zero-order chi connectivity index (χ0) is 14.2. The Hall–Kier alpha value is -1.07. The highest BCUT2D eigenvalue weighted by atomic mass is 79.9. The minimum atomic E-state index is -1.02. The van der Waals surface area contributed by atoms with Crippen molar-refractivity contribution in [2.24, 2.45) is 0 Å². The highest BCUT2D eigenvalue weighted by Crippen LogP contribution is 2.35. The van der Waals surface area contributed by atoms with Gasteiger partial charge in [0.1, 0.15) is 23.3 Å². The molecule has 2 rings (SSSR count). The van der Waals surface area contributed by atoms with Crippen molar-refractivity contribution in [3.8, 4) is 0 Å². The lowest BCUT2D eigenvalue weighted by Crippen LogP contribution is -2.01. The van der Waals surface area contributed by atoms with Crippen LogP contribution in [0.4, 0.5) is 17.6 Å². The topological polar surface area (TPSA) is 0 Å². The van der Waals surface area contributed by atoms with E-state index in [1.54, 1.807) is 0 Å². The number of benzene rings is 2. The van der Waals surface area contributed by atoms with Crippen LogP contribution in [-0.4, -0.2) is 0 Å². The molecule has 0 fully saturated rings. The van der Waals surface area contributed by atoms with Crippen LogP contribution in [0.25, 0.3) is 0 Å². The summed E-state index contributed by atoms with van der Waals surface area (Å²) in [5.41, 5.74) is -0.285. The average Bonchev–Trinajstić information content (AvgIpc) is 2.36. The second-order valence-corrected chi connectivity index (χ2v) is 5.14. The van der Waals surface area contributed by atoms with Gasteiger partial charge in [-0.2, -0.15) is 0 Å². The molecule has 1 atom stereocenters. The molecule has 0 heterocycles. The number of hydrogen-bond donors (Lipinski definition) is 0. The lowest BCUT2D eigenvalue weighted by molar-refractivity contribution is 0.574. The fraction of sp³-hybridized carbons (Fsp3) is 0.0769. The van der Waals surface area contributed by atoms with Gasteiger partial charge in [-0.05, 0) is 30.3 Å². The van der Waals surface area contributed by atoms with Crippen molar-refractivity contribution in [2.45, 2.75) is 4.83 Å². The molecule has 0 N–H and O–H groups in total. The molecule has 0 saturated heterocycles. The van der Waals surface area contributed by atoms with Crippen LogP contribution in [0, 0.1) is 23.3 Å². The Balaban J connectivity index is 2.52. The van der Waals surface area contributed by atoms with Crippen LogP contribution in [0.2, 0.25) is 5.02 Å². The Labute approximate surface area is 120 Å². The van der Waals surface area contributed by atoms with Crippen LogP contribution in [0.3, 0.4) is 0 Å². The third-order valence-corrected chi connectivity index (χ3v) is 3.82. The number of hydrogen-bond acceptors (Lipinski definition) is 0. The van der Waals surface area contributed by atoms with E-state index in [2.05, 4.69) is 15.9 Å². The van der Waals surface area contributed by atoms with Crippen molar-refractivity contribution in [3.05, 3.63) is 69.8 Å². The molecular formula is C13H6BrClF4. The van der Waals surface area contributed by atoms with Gasteiger partial charge in [0.2, 0.25) is 0 Å². The summed E-state index contributed by atoms with van der Waals surface area (Å²) >= 11 is 8.46. The van der Waals surface area contributed by atoms with Crippen LogP contribution >= 0.6 is 27.5 Å². The second-order valence-electron chi connectivity index (χ2n) is 3.82. The molecule has 0 saturated carbocycles. The van der Waals surface area contributed by atoms with Crippen molar-refractivity contribution in [1.82, 2.24) is 0 Å². The molecule has 2 aromatic carbocycles. The van der Waals surface area contributed by atoms with Gasteiger partial charge >= 0.3 is 0 Å². The molecule has 0 nitrogen and oxygen atoms in total. The number of halogens is 6. The van der Waals surface area contributed by atoms with Crippen LogP contribution < -0.4 is 0 Å². The third kappa shape index (κ3) is 2.92.